The van der Waals surface area contributed by atoms with Gasteiger partial charge in [-0.05, 0) is 36.4 Å². The molecule has 0 saturated heterocycles. The highest BCUT2D eigenvalue weighted by atomic mass is 16.4. The van der Waals surface area contributed by atoms with E-state index in [-0.39, 0.29) is 23.0 Å². The van der Waals surface area contributed by atoms with Gasteiger partial charge in [-0.3, -0.25) is 9.89 Å². The lowest BCUT2D eigenvalue weighted by Crippen LogP contribution is -1.91. The van der Waals surface area contributed by atoms with E-state index >= 15 is 0 Å². The topological polar surface area (TPSA) is 116 Å². The Bertz CT molecular complexity index is 1280. The molecule has 0 spiro atoms. The number of fused-ring (bicyclic) bond motifs is 2. The molecule has 0 atom stereocenters. The van der Waals surface area contributed by atoms with Crippen LogP contribution in [0.5, 0.6) is 5.75 Å². The zero-order chi connectivity index (χ0) is 19.1. The number of furan rings is 1. The highest BCUT2D eigenvalue weighted by molar-refractivity contribution is 6.21. The van der Waals surface area contributed by atoms with Crippen LogP contribution in [0.2, 0.25) is 0 Å². The summed E-state index contributed by atoms with van der Waals surface area (Å²) in [5.41, 5.74) is 3.12. The fourth-order valence-corrected chi connectivity index (χ4v) is 3.08. The van der Waals surface area contributed by atoms with Crippen LogP contribution in [0.1, 0.15) is 21.7 Å². The lowest BCUT2D eigenvalue weighted by atomic mass is 10.1. The molecule has 0 radical (unpaired) electrons. The third kappa shape index (κ3) is 2.55. The van der Waals surface area contributed by atoms with Crippen molar-refractivity contribution in [2.45, 2.75) is 0 Å². The van der Waals surface area contributed by atoms with Gasteiger partial charge in [0, 0.05) is 34.6 Å². The summed E-state index contributed by atoms with van der Waals surface area (Å²) < 4.78 is 5.73. The molecule has 1 aromatic carbocycles. The predicted molar refractivity (Wildman–Crippen MR) is 105 cm³/mol. The van der Waals surface area contributed by atoms with Gasteiger partial charge in [-0.2, -0.15) is 5.10 Å². The number of carbonyl (C=O) groups excluding carboxylic acids is 1. The number of aliphatic imine (C=N–C) groups is 1. The second-order valence-electron chi connectivity index (χ2n) is 6.21. The van der Waals surface area contributed by atoms with Crippen LogP contribution < -0.4 is 5.32 Å². The van der Waals surface area contributed by atoms with Crippen LogP contribution in [0.25, 0.3) is 22.6 Å². The monoisotopic (exact) mass is 371 g/mol. The number of pyridine rings is 1. The van der Waals surface area contributed by atoms with Gasteiger partial charge in [0.15, 0.2) is 23.6 Å². The first-order valence-electron chi connectivity index (χ1n) is 8.45. The minimum absolute atomic E-state index is 0.0397. The quantitative estimate of drug-likeness (QED) is 0.466. The molecule has 28 heavy (non-hydrogen) atoms. The maximum atomic E-state index is 11.5. The summed E-state index contributed by atoms with van der Waals surface area (Å²) in [5, 5.41) is 21.3. The van der Waals surface area contributed by atoms with Crippen molar-refractivity contribution in [3.05, 3.63) is 59.6 Å². The molecular formula is C20H13N5O3. The molecule has 5 rings (SSSR count). The minimum Gasteiger partial charge on any atom is -0.504 e. The van der Waals surface area contributed by atoms with E-state index in [2.05, 4.69) is 25.5 Å². The molecule has 0 aliphatic carbocycles. The molecule has 136 valence electrons. The average molecular weight is 371 g/mol. The van der Waals surface area contributed by atoms with E-state index in [0.717, 1.165) is 22.0 Å². The lowest BCUT2D eigenvalue weighted by Gasteiger charge is -2.03. The molecule has 0 saturated carbocycles. The Balaban J connectivity index is 1.53. The fourth-order valence-electron chi connectivity index (χ4n) is 3.08. The number of rotatable bonds is 4. The van der Waals surface area contributed by atoms with Gasteiger partial charge in [-0.1, -0.05) is 0 Å². The number of hydrogen-bond donors (Lipinski definition) is 3. The van der Waals surface area contributed by atoms with Crippen molar-refractivity contribution in [1.82, 2.24) is 15.2 Å². The first-order chi connectivity index (χ1) is 13.7. The molecule has 1 aliphatic heterocycles. The minimum atomic E-state index is -0.238. The normalized spacial score (nSPS) is 13.9. The Morgan fingerprint density at radius 1 is 1.25 bits per heavy atom. The number of anilines is 2. The second-order valence-corrected chi connectivity index (χ2v) is 6.21. The summed E-state index contributed by atoms with van der Waals surface area (Å²) in [7, 11) is 0. The number of aromatic hydroxyl groups is 1. The van der Waals surface area contributed by atoms with Crippen molar-refractivity contribution < 1.29 is 14.3 Å². The van der Waals surface area contributed by atoms with E-state index in [1.807, 2.05) is 24.3 Å². The van der Waals surface area contributed by atoms with Crippen molar-refractivity contribution in [1.29, 1.82) is 0 Å². The number of allylic oxidation sites excluding steroid dienone is 1. The predicted octanol–water partition coefficient (Wildman–Crippen LogP) is 4.07. The van der Waals surface area contributed by atoms with E-state index in [1.165, 1.54) is 0 Å². The van der Waals surface area contributed by atoms with E-state index in [0.29, 0.717) is 17.8 Å². The molecule has 8 heteroatoms. The van der Waals surface area contributed by atoms with Crippen LogP contribution in [0, 0.1) is 0 Å². The van der Waals surface area contributed by atoms with Crippen molar-refractivity contribution >= 4 is 52.4 Å². The van der Waals surface area contributed by atoms with Gasteiger partial charge < -0.3 is 14.8 Å². The number of nitrogens with zero attached hydrogens (tertiary/aromatic N) is 3. The summed E-state index contributed by atoms with van der Waals surface area (Å²) in [6, 6.07) is 9.22. The number of aldehydes is 1. The molecule has 4 aromatic rings. The molecule has 0 fully saturated rings. The van der Waals surface area contributed by atoms with Gasteiger partial charge >= 0.3 is 0 Å². The van der Waals surface area contributed by atoms with Crippen molar-refractivity contribution in [3.8, 4) is 5.75 Å². The molecule has 1 aliphatic rings. The van der Waals surface area contributed by atoms with Crippen LogP contribution in [0.3, 0.4) is 0 Å². The lowest BCUT2D eigenvalue weighted by molar-refractivity contribution is 0.112. The molecule has 0 amide bonds. The van der Waals surface area contributed by atoms with E-state index in [9.17, 15) is 9.90 Å². The third-order valence-electron chi connectivity index (χ3n) is 4.47. The largest absolute Gasteiger partial charge is 0.504 e. The van der Waals surface area contributed by atoms with Crippen molar-refractivity contribution in [2.24, 2.45) is 4.99 Å². The number of aromatic amines is 1. The van der Waals surface area contributed by atoms with Gasteiger partial charge in [0.1, 0.15) is 5.56 Å². The first kappa shape index (κ1) is 16.0. The molecular weight excluding hydrogens is 358 g/mol. The van der Waals surface area contributed by atoms with Crippen molar-refractivity contribution in [3.63, 3.8) is 0 Å². The van der Waals surface area contributed by atoms with E-state index in [1.54, 1.807) is 30.8 Å². The summed E-state index contributed by atoms with van der Waals surface area (Å²) in [6.07, 6.45) is 7.19. The summed E-state index contributed by atoms with van der Waals surface area (Å²) in [4.78, 5) is 19.9. The summed E-state index contributed by atoms with van der Waals surface area (Å²) in [5.74, 6) is 0.671. The molecule has 0 bridgehead atoms. The van der Waals surface area contributed by atoms with Crippen LogP contribution >= 0.6 is 0 Å². The van der Waals surface area contributed by atoms with Gasteiger partial charge in [0.2, 0.25) is 5.88 Å². The number of benzene rings is 1. The maximum Gasteiger partial charge on any atom is 0.212 e. The van der Waals surface area contributed by atoms with Gasteiger partial charge in [-0.15, -0.1) is 0 Å². The van der Waals surface area contributed by atoms with Crippen molar-refractivity contribution in [2.75, 3.05) is 5.32 Å². The zero-order valence-electron chi connectivity index (χ0n) is 14.4. The Labute approximate surface area is 158 Å². The Morgan fingerprint density at radius 2 is 2.18 bits per heavy atom. The average Bonchev–Trinajstić information content (AvgIpc) is 3.41. The van der Waals surface area contributed by atoms with Gasteiger partial charge in [0.05, 0.1) is 11.7 Å². The number of hydrogen-bond acceptors (Lipinski definition) is 7. The SMILES string of the molecule is O=Cc1c(Nc2ccc3cn[nH]c3c2)oc(C=C2C=Nc3ncccc32)c1O. The molecule has 0 unspecified atom stereocenters. The standard InChI is InChI=1S/C20H13N5O3/c26-10-15-18(27)17(6-12-8-22-19-14(12)2-1-5-21-19)28-20(15)24-13-4-3-11-9-23-25-16(11)7-13/h1-10,24,27H,(H,23,25). The van der Waals surface area contributed by atoms with Gasteiger partial charge in [0.25, 0.3) is 0 Å². The Kier molecular flexibility index (Phi) is 3.55. The molecule has 3 aromatic heterocycles. The number of H-pyrrole nitrogens is 1. The van der Waals surface area contributed by atoms with Crippen LogP contribution in [-0.4, -0.2) is 32.8 Å². The van der Waals surface area contributed by atoms with E-state index < -0.39 is 0 Å². The summed E-state index contributed by atoms with van der Waals surface area (Å²) in [6.45, 7) is 0. The van der Waals surface area contributed by atoms with Crippen LogP contribution in [-0.2, 0) is 0 Å². The number of carbonyl (C=O) groups is 1. The summed E-state index contributed by atoms with van der Waals surface area (Å²) >= 11 is 0. The first-order valence-corrected chi connectivity index (χ1v) is 8.45. The molecule has 3 N–H and O–H groups in total. The highest BCUT2D eigenvalue weighted by Crippen LogP contribution is 2.38. The van der Waals surface area contributed by atoms with Crippen LogP contribution in [0.15, 0.2) is 52.1 Å². The molecule has 4 heterocycles. The second kappa shape index (κ2) is 6.20. The molecule has 8 nitrogen and oxygen atoms in total. The Morgan fingerprint density at radius 3 is 3.07 bits per heavy atom. The Hall–Kier alpha value is -4.20. The zero-order valence-corrected chi connectivity index (χ0v) is 14.4. The highest BCUT2D eigenvalue weighted by Gasteiger charge is 2.21. The maximum absolute atomic E-state index is 11.5. The van der Waals surface area contributed by atoms with Crippen LogP contribution in [0.4, 0.5) is 17.4 Å². The van der Waals surface area contributed by atoms with E-state index in [4.69, 9.17) is 4.42 Å². The number of nitrogens with one attached hydrogen (secondary N) is 2. The smallest absolute Gasteiger partial charge is 0.212 e. The number of aromatic nitrogens is 3. The van der Waals surface area contributed by atoms with Gasteiger partial charge in [-0.25, -0.2) is 9.98 Å². The third-order valence-corrected chi connectivity index (χ3v) is 4.47. The fraction of sp³-hybridized carbons (Fsp3) is 0.